The van der Waals surface area contributed by atoms with Gasteiger partial charge in [-0.3, -0.25) is 4.79 Å². The molecule has 0 aliphatic carbocycles. The fraction of sp³-hybridized carbons (Fsp3) is 0.545. The number of hydrogen-bond donors (Lipinski definition) is 2. The maximum atomic E-state index is 11.8. The van der Waals surface area contributed by atoms with E-state index in [1.54, 1.807) is 11.9 Å². The third kappa shape index (κ3) is 2.15. The molecule has 1 aromatic heterocycles. The van der Waals surface area contributed by atoms with E-state index >= 15 is 0 Å². The van der Waals surface area contributed by atoms with Gasteiger partial charge in [0.2, 0.25) is 5.91 Å². The first kappa shape index (κ1) is 11.6. The number of hydrogen-bond acceptors (Lipinski definition) is 5. The molecular formula is C11H17N5O. The Hall–Kier alpha value is -1.85. The van der Waals surface area contributed by atoms with E-state index in [2.05, 4.69) is 15.3 Å². The molecule has 1 fully saturated rings. The van der Waals surface area contributed by atoms with Crippen molar-refractivity contribution < 1.29 is 4.79 Å². The standard InChI is InChI=1S/C11H17N5O/c1-3-7-9(12)13-6-14-10(7)15-8-4-5-16(2)11(8)17/h6,8H,3-5H2,1-2H3,(H3,12,13,14,15). The highest BCUT2D eigenvalue weighted by Gasteiger charge is 2.29. The van der Waals surface area contributed by atoms with Crippen molar-refractivity contribution in [2.24, 2.45) is 0 Å². The Morgan fingerprint density at radius 3 is 2.94 bits per heavy atom. The molecule has 3 N–H and O–H groups in total. The minimum atomic E-state index is -0.195. The van der Waals surface area contributed by atoms with E-state index in [1.165, 1.54) is 6.33 Å². The van der Waals surface area contributed by atoms with Gasteiger partial charge < -0.3 is 16.0 Å². The third-order valence-electron chi connectivity index (χ3n) is 3.07. The molecule has 0 radical (unpaired) electrons. The first-order valence-electron chi connectivity index (χ1n) is 5.74. The fourth-order valence-corrected chi connectivity index (χ4v) is 2.02. The summed E-state index contributed by atoms with van der Waals surface area (Å²) in [5, 5.41) is 3.16. The topological polar surface area (TPSA) is 84.1 Å². The summed E-state index contributed by atoms with van der Waals surface area (Å²) in [5.41, 5.74) is 6.65. The first-order chi connectivity index (χ1) is 8.13. The second-order valence-electron chi connectivity index (χ2n) is 4.19. The number of aromatic nitrogens is 2. The smallest absolute Gasteiger partial charge is 0.244 e. The highest BCUT2D eigenvalue weighted by molar-refractivity contribution is 5.86. The molecule has 6 heteroatoms. The second kappa shape index (κ2) is 4.57. The van der Waals surface area contributed by atoms with Crippen LogP contribution in [-0.2, 0) is 11.2 Å². The molecule has 17 heavy (non-hydrogen) atoms. The zero-order valence-electron chi connectivity index (χ0n) is 10.1. The van der Waals surface area contributed by atoms with Gasteiger partial charge in [-0.25, -0.2) is 9.97 Å². The maximum absolute atomic E-state index is 11.8. The quantitative estimate of drug-likeness (QED) is 0.785. The molecule has 0 saturated carbocycles. The van der Waals surface area contributed by atoms with Crippen LogP contribution < -0.4 is 11.1 Å². The summed E-state index contributed by atoms with van der Waals surface area (Å²) in [6.45, 7) is 2.77. The Morgan fingerprint density at radius 2 is 2.35 bits per heavy atom. The molecule has 1 unspecified atom stereocenters. The zero-order valence-corrected chi connectivity index (χ0v) is 10.1. The minimum absolute atomic E-state index is 0.101. The molecule has 1 saturated heterocycles. The SMILES string of the molecule is CCc1c(N)ncnc1NC1CCN(C)C1=O. The molecular weight excluding hydrogens is 218 g/mol. The van der Waals surface area contributed by atoms with E-state index in [0.29, 0.717) is 11.6 Å². The van der Waals surface area contributed by atoms with Crippen molar-refractivity contribution in [3.63, 3.8) is 0 Å². The minimum Gasteiger partial charge on any atom is -0.383 e. The van der Waals surface area contributed by atoms with Gasteiger partial charge in [0.25, 0.3) is 0 Å². The maximum Gasteiger partial charge on any atom is 0.244 e. The van der Waals surface area contributed by atoms with E-state index in [0.717, 1.165) is 24.9 Å². The number of likely N-dealkylation sites (tertiary alicyclic amines) is 1. The first-order valence-corrected chi connectivity index (χ1v) is 5.74. The van der Waals surface area contributed by atoms with Crippen LogP contribution >= 0.6 is 0 Å². The highest BCUT2D eigenvalue weighted by Crippen LogP contribution is 2.21. The number of amides is 1. The van der Waals surface area contributed by atoms with Gasteiger partial charge in [-0.2, -0.15) is 0 Å². The van der Waals surface area contributed by atoms with Crippen LogP contribution in [0.5, 0.6) is 0 Å². The van der Waals surface area contributed by atoms with E-state index in [1.807, 2.05) is 6.92 Å². The van der Waals surface area contributed by atoms with Gasteiger partial charge in [-0.05, 0) is 12.8 Å². The Balaban J connectivity index is 2.19. The van der Waals surface area contributed by atoms with Crippen LogP contribution in [-0.4, -0.2) is 40.4 Å². The molecule has 1 aliphatic heterocycles. The molecule has 2 heterocycles. The van der Waals surface area contributed by atoms with Crippen LogP contribution in [0.4, 0.5) is 11.6 Å². The zero-order chi connectivity index (χ0) is 12.4. The highest BCUT2D eigenvalue weighted by atomic mass is 16.2. The summed E-state index contributed by atoms with van der Waals surface area (Å²) in [4.78, 5) is 21.6. The van der Waals surface area contributed by atoms with Gasteiger partial charge in [-0.15, -0.1) is 0 Å². The normalized spacial score (nSPS) is 19.8. The fourth-order valence-electron chi connectivity index (χ4n) is 2.02. The molecule has 1 amide bonds. The molecule has 1 atom stereocenters. The third-order valence-corrected chi connectivity index (χ3v) is 3.07. The van der Waals surface area contributed by atoms with Gasteiger partial charge in [0.05, 0.1) is 0 Å². The molecule has 6 nitrogen and oxygen atoms in total. The van der Waals surface area contributed by atoms with Crippen LogP contribution in [0.1, 0.15) is 18.9 Å². The van der Waals surface area contributed by atoms with E-state index in [9.17, 15) is 4.79 Å². The Labute approximate surface area is 100 Å². The largest absolute Gasteiger partial charge is 0.383 e. The molecule has 1 aromatic rings. The van der Waals surface area contributed by atoms with Crippen molar-refractivity contribution in [1.29, 1.82) is 0 Å². The number of rotatable bonds is 3. The summed E-state index contributed by atoms with van der Waals surface area (Å²) < 4.78 is 0. The lowest BCUT2D eigenvalue weighted by Crippen LogP contribution is -2.31. The summed E-state index contributed by atoms with van der Waals surface area (Å²) in [6, 6.07) is -0.195. The Kier molecular flexibility index (Phi) is 3.12. The lowest BCUT2D eigenvalue weighted by molar-refractivity contribution is -0.127. The average molecular weight is 235 g/mol. The van der Waals surface area contributed by atoms with Crippen molar-refractivity contribution in [2.75, 3.05) is 24.6 Å². The Bertz CT molecular complexity index is 434. The van der Waals surface area contributed by atoms with Gasteiger partial charge in [0, 0.05) is 19.2 Å². The summed E-state index contributed by atoms with van der Waals surface area (Å²) >= 11 is 0. The number of nitrogens with two attached hydrogens (primary N) is 1. The number of likely N-dealkylation sites (N-methyl/N-ethyl adjacent to an activating group) is 1. The van der Waals surface area contributed by atoms with Crippen molar-refractivity contribution in [3.8, 4) is 0 Å². The van der Waals surface area contributed by atoms with E-state index < -0.39 is 0 Å². The van der Waals surface area contributed by atoms with Gasteiger partial charge >= 0.3 is 0 Å². The molecule has 92 valence electrons. The van der Waals surface area contributed by atoms with Crippen LogP contribution in [0.25, 0.3) is 0 Å². The van der Waals surface area contributed by atoms with Crippen molar-refractivity contribution in [2.45, 2.75) is 25.8 Å². The number of nitrogens with one attached hydrogen (secondary N) is 1. The number of carbonyl (C=O) groups excluding carboxylic acids is 1. The van der Waals surface area contributed by atoms with Crippen LogP contribution in [0, 0.1) is 0 Å². The van der Waals surface area contributed by atoms with E-state index in [-0.39, 0.29) is 11.9 Å². The number of nitrogens with zero attached hydrogens (tertiary/aromatic N) is 3. The van der Waals surface area contributed by atoms with Gasteiger partial charge in [0.15, 0.2) is 0 Å². The molecule has 1 aliphatic rings. The van der Waals surface area contributed by atoms with Crippen molar-refractivity contribution in [3.05, 3.63) is 11.9 Å². The summed E-state index contributed by atoms with van der Waals surface area (Å²) in [5.74, 6) is 1.25. The lowest BCUT2D eigenvalue weighted by atomic mass is 10.2. The van der Waals surface area contributed by atoms with Crippen LogP contribution in [0.3, 0.4) is 0 Å². The predicted molar refractivity (Wildman–Crippen MR) is 65.5 cm³/mol. The van der Waals surface area contributed by atoms with Crippen molar-refractivity contribution in [1.82, 2.24) is 14.9 Å². The molecule has 0 bridgehead atoms. The summed E-state index contributed by atoms with van der Waals surface area (Å²) in [6.07, 6.45) is 2.95. The second-order valence-corrected chi connectivity index (χ2v) is 4.19. The van der Waals surface area contributed by atoms with Gasteiger partial charge in [0.1, 0.15) is 24.0 Å². The number of anilines is 2. The number of nitrogen functional groups attached to an aromatic ring is 1. The van der Waals surface area contributed by atoms with E-state index in [4.69, 9.17) is 5.73 Å². The van der Waals surface area contributed by atoms with Crippen LogP contribution in [0.15, 0.2) is 6.33 Å². The Morgan fingerprint density at radius 1 is 1.59 bits per heavy atom. The molecule has 0 spiro atoms. The van der Waals surface area contributed by atoms with Crippen molar-refractivity contribution >= 4 is 17.5 Å². The molecule has 0 aromatic carbocycles. The lowest BCUT2D eigenvalue weighted by Gasteiger charge is -2.15. The van der Waals surface area contributed by atoms with Crippen LogP contribution in [0.2, 0.25) is 0 Å². The predicted octanol–water partition coefficient (Wildman–Crippen LogP) is 0.264. The van der Waals surface area contributed by atoms with Gasteiger partial charge in [-0.1, -0.05) is 6.92 Å². The monoisotopic (exact) mass is 235 g/mol. The molecule has 2 rings (SSSR count). The summed E-state index contributed by atoms with van der Waals surface area (Å²) in [7, 11) is 1.80. The average Bonchev–Trinajstić information content (AvgIpc) is 2.61. The number of carbonyl (C=O) groups is 1.